The zero-order valence-corrected chi connectivity index (χ0v) is 15.6. The van der Waals surface area contributed by atoms with Gasteiger partial charge in [0.25, 0.3) is 0 Å². The van der Waals surface area contributed by atoms with E-state index in [1.165, 1.54) is 11.2 Å². The van der Waals surface area contributed by atoms with Crippen molar-refractivity contribution in [3.8, 4) is 0 Å². The molecule has 0 fully saturated rings. The maximum Gasteiger partial charge on any atom is 0.239 e. The smallest absolute Gasteiger partial charge is 0.239 e. The molecule has 2 N–H and O–H groups in total. The molecule has 0 atom stereocenters. The minimum Gasteiger partial charge on any atom is -0.360 e. The van der Waals surface area contributed by atoms with Gasteiger partial charge < -0.3 is 15.5 Å². The molecule has 1 amide bonds. The van der Waals surface area contributed by atoms with Gasteiger partial charge in [-0.2, -0.15) is 0 Å². The fourth-order valence-corrected chi connectivity index (χ4v) is 3.42. The predicted octanol–water partition coefficient (Wildman–Crippen LogP) is 2.65. The molecule has 2 aromatic heterocycles. The first kappa shape index (κ1) is 18.6. The third kappa shape index (κ3) is 5.42. The van der Waals surface area contributed by atoms with Gasteiger partial charge in [0.2, 0.25) is 5.91 Å². The van der Waals surface area contributed by atoms with Gasteiger partial charge in [-0.1, -0.05) is 13.8 Å². The van der Waals surface area contributed by atoms with Crippen molar-refractivity contribution in [2.75, 3.05) is 38.0 Å². The summed E-state index contributed by atoms with van der Waals surface area (Å²) in [6.45, 7) is 10.6. The Morgan fingerprint density at radius 2 is 2.04 bits per heavy atom. The molecule has 2 rings (SSSR count). The fourth-order valence-electron chi connectivity index (χ4n) is 2.57. The summed E-state index contributed by atoms with van der Waals surface area (Å²) in [4.78, 5) is 25.0. The lowest BCUT2D eigenvalue weighted by Gasteiger charge is -2.17. The number of aryl methyl sites for hydroxylation is 1. The van der Waals surface area contributed by atoms with Crippen LogP contribution in [0.3, 0.4) is 0 Å². The van der Waals surface area contributed by atoms with Crippen LogP contribution < -0.4 is 10.6 Å². The number of amides is 1. The van der Waals surface area contributed by atoms with Crippen molar-refractivity contribution in [1.29, 1.82) is 0 Å². The molecule has 0 radical (unpaired) electrons. The number of anilines is 1. The number of unbranched alkanes of at least 4 members (excludes halogenated alkanes) is 1. The molecule has 132 valence electrons. The third-order valence-electron chi connectivity index (χ3n) is 3.99. The standard InChI is InChI=1S/C17H27N5OS/c1-4-22(5-2)9-7-6-8-18-15(23)11-19-16-14-10-13(3)24-17(14)21-12-20-16/h10,12H,4-9,11H2,1-3H3,(H,18,23)(H,19,20,21). The van der Waals surface area contributed by atoms with Crippen LogP contribution in [0.5, 0.6) is 0 Å². The summed E-state index contributed by atoms with van der Waals surface area (Å²) in [5, 5.41) is 7.05. The van der Waals surface area contributed by atoms with E-state index in [-0.39, 0.29) is 12.5 Å². The summed E-state index contributed by atoms with van der Waals surface area (Å²) >= 11 is 1.63. The van der Waals surface area contributed by atoms with Crippen LogP contribution in [0.1, 0.15) is 31.6 Å². The Hall–Kier alpha value is -1.73. The van der Waals surface area contributed by atoms with E-state index in [1.54, 1.807) is 11.3 Å². The van der Waals surface area contributed by atoms with E-state index in [2.05, 4.69) is 39.3 Å². The average molecular weight is 350 g/mol. The van der Waals surface area contributed by atoms with E-state index in [0.717, 1.165) is 55.1 Å². The molecular weight excluding hydrogens is 322 g/mol. The number of thiophene rings is 1. The van der Waals surface area contributed by atoms with Gasteiger partial charge in [-0.3, -0.25) is 4.79 Å². The molecule has 7 heteroatoms. The van der Waals surface area contributed by atoms with Crippen molar-refractivity contribution in [2.24, 2.45) is 0 Å². The summed E-state index contributed by atoms with van der Waals surface area (Å²) in [7, 11) is 0. The quantitative estimate of drug-likeness (QED) is 0.645. The van der Waals surface area contributed by atoms with Gasteiger partial charge in [-0.05, 0) is 45.5 Å². The summed E-state index contributed by atoms with van der Waals surface area (Å²) in [5.74, 6) is 0.720. The minimum absolute atomic E-state index is 0.00319. The second-order valence-corrected chi connectivity index (χ2v) is 6.97. The first-order valence-corrected chi connectivity index (χ1v) is 9.39. The molecule has 0 aliphatic carbocycles. The Labute approximate surface area is 147 Å². The van der Waals surface area contributed by atoms with E-state index < -0.39 is 0 Å². The summed E-state index contributed by atoms with van der Waals surface area (Å²) in [5.41, 5.74) is 0. The second-order valence-electron chi connectivity index (χ2n) is 5.74. The fraction of sp³-hybridized carbons (Fsp3) is 0.588. The van der Waals surface area contributed by atoms with Crippen LogP contribution in [0.4, 0.5) is 5.82 Å². The topological polar surface area (TPSA) is 70.2 Å². The number of carbonyl (C=O) groups excluding carboxylic acids is 1. The Bertz CT molecular complexity index is 653. The molecule has 0 saturated heterocycles. The number of nitrogens with zero attached hydrogens (tertiary/aromatic N) is 3. The molecule has 0 aliphatic rings. The number of hydrogen-bond donors (Lipinski definition) is 2. The predicted molar refractivity (Wildman–Crippen MR) is 101 cm³/mol. The van der Waals surface area contributed by atoms with Crippen LogP contribution in [-0.2, 0) is 4.79 Å². The van der Waals surface area contributed by atoms with Crippen LogP contribution in [0.15, 0.2) is 12.4 Å². The van der Waals surface area contributed by atoms with Gasteiger partial charge in [-0.15, -0.1) is 11.3 Å². The van der Waals surface area contributed by atoms with Crippen molar-refractivity contribution in [3.63, 3.8) is 0 Å². The second kappa shape index (κ2) is 9.54. The van der Waals surface area contributed by atoms with Crippen molar-refractivity contribution in [1.82, 2.24) is 20.2 Å². The Morgan fingerprint density at radius 3 is 2.79 bits per heavy atom. The van der Waals surface area contributed by atoms with Crippen molar-refractivity contribution in [3.05, 3.63) is 17.3 Å². The zero-order valence-electron chi connectivity index (χ0n) is 14.8. The number of fused-ring (bicyclic) bond motifs is 1. The molecule has 0 spiro atoms. The van der Waals surface area contributed by atoms with Crippen LogP contribution in [0.2, 0.25) is 0 Å². The molecule has 2 aromatic rings. The van der Waals surface area contributed by atoms with E-state index in [0.29, 0.717) is 0 Å². The van der Waals surface area contributed by atoms with Gasteiger partial charge in [0.15, 0.2) is 0 Å². The SMILES string of the molecule is CCN(CC)CCCCNC(=O)CNc1ncnc2sc(C)cc12. The summed E-state index contributed by atoms with van der Waals surface area (Å²) < 4.78 is 0. The number of nitrogens with one attached hydrogen (secondary N) is 2. The van der Waals surface area contributed by atoms with Crippen LogP contribution >= 0.6 is 11.3 Å². The first-order valence-electron chi connectivity index (χ1n) is 8.58. The Morgan fingerprint density at radius 1 is 1.25 bits per heavy atom. The minimum atomic E-state index is -0.00319. The van der Waals surface area contributed by atoms with Gasteiger partial charge in [0.05, 0.1) is 11.9 Å². The van der Waals surface area contributed by atoms with Crippen LogP contribution in [0.25, 0.3) is 10.2 Å². The lowest BCUT2D eigenvalue weighted by molar-refractivity contribution is -0.119. The zero-order chi connectivity index (χ0) is 17.4. The van der Waals surface area contributed by atoms with Gasteiger partial charge in [0, 0.05) is 11.4 Å². The molecule has 24 heavy (non-hydrogen) atoms. The highest BCUT2D eigenvalue weighted by molar-refractivity contribution is 7.18. The third-order valence-corrected chi connectivity index (χ3v) is 4.95. The highest BCUT2D eigenvalue weighted by atomic mass is 32.1. The molecular formula is C17H27N5OS. The van der Waals surface area contributed by atoms with Crippen LogP contribution in [0, 0.1) is 6.92 Å². The average Bonchev–Trinajstić information content (AvgIpc) is 2.97. The van der Waals surface area contributed by atoms with Crippen molar-refractivity contribution < 1.29 is 4.79 Å². The molecule has 0 saturated carbocycles. The molecule has 6 nitrogen and oxygen atoms in total. The number of carbonyl (C=O) groups is 1. The maximum atomic E-state index is 11.9. The Balaban J connectivity index is 1.69. The highest BCUT2D eigenvalue weighted by Crippen LogP contribution is 2.27. The largest absolute Gasteiger partial charge is 0.360 e. The molecule has 0 aliphatic heterocycles. The van der Waals surface area contributed by atoms with Crippen LogP contribution in [-0.4, -0.2) is 53.5 Å². The van der Waals surface area contributed by atoms with E-state index in [1.807, 2.05) is 13.0 Å². The molecule has 0 unspecified atom stereocenters. The maximum absolute atomic E-state index is 11.9. The monoisotopic (exact) mass is 349 g/mol. The van der Waals surface area contributed by atoms with E-state index >= 15 is 0 Å². The summed E-state index contributed by atoms with van der Waals surface area (Å²) in [6, 6.07) is 2.05. The van der Waals surface area contributed by atoms with E-state index in [4.69, 9.17) is 0 Å². The number of hydrogen-bond acceptors (Lipinski definition) is 6. The summed E-state index contributed by atoms with van der Waals surface area (Å²) in [6.07, 6.45) is 3.64. The van der Waals surface area contributed by atoms with Crippen molar-refractivity contribution in [2.45, 2.75) is 33.6 Å². The van der Waals surface area contributed by atoms with Gasteiger partial charge in [0.1, 0.15) is 17.0 Å². The number of aromatic nitrogens is 2. The normalized spacial score (nSPS) is 11.2. The van der Waals surface area contributed by atoms with Gasteiger partial charge >= 0.3 is 0 Å². The highest BCUT2D eigenvalue weighted by Gasteiger charge is 2.08. The lowest BCUT2D eigenvalue weighted by atomic mass is 10.3. The lowest BCUT2D eigenvalue weighted by Crippen LogP contribution is -2.31. The van der Waals surface area contributed by atoms with Gasteiger partial charge in [-0.25, -0.2) is 9.97 Å². The van der Waals surface area contributed by atoms with E-state index in [9.17, 15) is 4.79 Å². The first-order chi connectivity index (χ1) is 11.6. The van der Waals surface area contributed by atoms with Crippen molar-refractivity contribution >= 4 is 33.3 Å². The number of rotatable bonds is 10. The molecule has 0 bridgehead atoms. The molecule has 2 heterocycles. The molecule has 0 aromatic carbocycles. The Kier molecular flexibility index (Phi) is 7.39.